The number of nitrogens with zero attached hydrogens (tertiary/aromatic N) is 1. The van der Waals surface area contributed by atoms with Gasteiger partial charge in [0.15, 0.2) is 0 Å². The molecule has 0 aromatic heterocycles. The smallest absolute Gasteiger partial charge is 0.0459 e. The van der Waals surface area contributed by atoms with Crippen LogP contribution >= 0.6 is 11.6 Å². The Kier molecular flexibility index (Phi) is 4.52. The van der Waals surface area contributed by atoms with Gasteiger partial charge in [0.1, 0.15) is 0 Å². The lowest BCUT2D eigenvalue weighted by Gasteiger charge is -2.28. The summed E-state index contributed by atoms with van der Waals surface area (Å²) >= 11 is 6.36. The molecule has 3 heteroatoms. The second-order valence-corrected chi connectivity index (χ2v) is 5.75. The standard InChI is InChI=1S/C15H23ClN2/c1-3-9-18(12-7-8-12)15-6-4-5-14(16)13(15)10-11(2)17/h4-6,11-12H,3,7-10,17H2,1-2H3. The first-order chi connectivity index (χ1) is 8.63. The zero-order valence-electron chi connectivity index (χ0n) is 11.3. The van der Waals surface area contributed by atoms with Crippen molar-refractivity contribution in [3.63, 3.8) is 0 Å². The third kappa shape index (κ3) is 3.18. The summed E-state index contributed by atoms with van der Waals surface area (Å²) in [7, 11) is 0. The highest BCUT2D eigenvalue weighted by Gasteiger charge is 2.30. The Morgan fingerprint density at radius 3 is 2.72 bits per heavy atom. The van der Waals surface area contributed by atoms with Crippen molar-refractivity contribution in [3.05, 3.63) is 28.8 Å². The Morgan fingerprint density at radius 2 is 2.17 bits per heavy atom. The van der Waals surface area contributed by atoms with E-state index in [-0.39, 0.29) is 6.04 Å². The van der Waals surface area contributed by atoms with Gasteiger partial charge in [0.25, 0.3) is 0 Å². The molecule has 0 bridgehead atoms. The highest BCUT2D eigenvalue weighted by Crippen LogP contribution is 2.36. The van der Waals surface area contributed by atoms with E-state index >= 15 is 0 Å². The number of hydrogen-bond acceptors (Lipinski definition) is 2. The normalized spacial score (nSPS) is 16.7. The van der Waals surface area contributed by atoms with E-state index in [1.165, 1.54) is 30.5 Å². The zero-order chi connectivity index (χ0) is 13.1. The van der Waals surface area contributed by atoms with Gasteiger partial charge in [-0.1, -0.05) is 24.6 Å². The van der Waals surface area contributed by atoms with Crippen molar-refractivity contribution in [2.45, 2.75) is 51.6 Å². The molecule has 0 amide bonds. The molecule has 0 saturated heterocycles. The minimum absolute atomic E-state index is 0.145. The van der Waals surface area contributed by atoms with E-state index in [0.717, 1.165) is 24.0 Å². The maximum absolute atomic E-state index is 6.36. The molecule has 18 heavy (non-hydrogen) atoms. The van der Waals surface area contributed by atoms with Crippen molar-refractivity contribution < 1.29 is 0 Å². The minimum atomic E-state index is 0.145. The molecule has 0 spiro atoms. The van der Waals surface area contributed by atoms with Gasteiger partial charge in [-0.25, -0.2) is 0 Å². The van der Waals surface area contributed by atoms with E-state index in [1.54, 1.807) is 0 Å². The SMILES string of the molecule is CCCN(c1cccc(Cl)c1CC(C)N)C1CC1. The van der Waals surface area contributed by atoms with Crippen molar-refractivity contribution in [1.29, 1.82) is 0 Å². The van der Waals surface area contributed by atoms with Crippen LogP contribution < -0.4 is 10.6 Å². The summed E-state index contributed by atoms with van der Waals surface area (Å²) in [6.07, 6.45) is 4.64. The van der Waals surface area contributed by atoms with Crippen LogP contribution in [0.5, 0.6) is 0 Å². The average Bonchev–Trinajstić information content (AvgIpc) is 3.13. The predicted octanol–water partition coefficient (Wildman–Crippen LogP) is 3.61. The molecule has 0 aliphatic heterocycles. The summed E-state index contributed by atoms with van der Waals surface area (Å²) in [5.41, 5.74) is 8.46. The van der Waals surface area contributed by atoms with Crippen molar-refractivity contribution in [1.82, 2.24) is 0 Å². The molecule has 1 atom stereocenters. The van der Waals surface area contributed by atoms with Crippen LogP contribution in [0.15, 0.2) is 18.2 Å². The van der Waals surface area contributed by atoms with Crippen LogP contribution in [0, 0.1) is 0 Å². The van der Waals surface area contributed by atoms with Gasteiger partial charge in [-0.15, -0.1) is 0 Å². The van der Waals surface area contributed by atoms with Crippen LogP contribution in [0.1, 0.15) is 38.7 Å². The summed E-state index contributed by atoms with van der Waals surface area (Å²) < 4.78 is 0. The van der Waals surface area contributed by atoms with Gasteiger partial charge < -0.3 is 10.6 Å². The van der Waals surface area contributed by atoms with Crippen LogP contribution in [-0.4, -0.2) is 18.6 Å². The lowest BCUT2D eigenvalue weighted by molar-refractivity contribution is 0.719. The van der Waals surface area contributed by atoms with Crippen LogP contribution in [-0.2, 0) is 6.42 Å². The van der Waals surface area contributed by atoms with Crippen LogP contribution in [0.25, 0.3) is 0 Å². The van der Waals surface area contributed by atoms with Crippen LogP contribution in [0.2, 0.25) is 5.02 Å². The van der Waals surface area contributed by atoms with E-state index in [1.807, 2.05) is 19.1 Å². The van der Waals surface area contributed by atoms with E-state index in [9.17, 15) is 0 Å². The number of halogens is 1. The van der Waals surface area contributed by atoms with E-state index in [4.69, 9.17) is 17.3 Å². The average molecular weight is 267 g/mol. The molecule has 1 aromatic carbocycles. The third-order valence-corrected chi connectivity index (χ3v) is 3.74. The van der Waals surface area contributed by atoms with Gasteiger partial charge in [-0.05, 0) is 50.3 Å². The highest BCUT2D eigenvalue weighted by atomic mass is 35.5. The number of nitrogens with two attached hydrogens (primary N) is 1. The molecule has 100 valence electrons. The van der Waals surface area contributed by atoms with E-state index in [0.29, 0.717) is 0 Å². The van der Waals surface area contributed by atoms with Gasteiger partial charge in [-0.2, -0.15) is 0 Å². The topological polar surface area (TPSA) is 29.3 Å². The molecule has 1 saturated carbocycles. The summed E-state index contributed by atoms with van der Waals surface area (Å²) in [4.78, 5) is 2.52. The van der Waals surface area contributed by atoms with Crippen molar-refractivity contribution in [3.8, 4) is 0 Å². The Morgan fingerprint density at radius 1 is 1.44 bits per heavy atom. The Labute approximate surface area is 115 Å². The molecular formula is C15H23ClN2. The number of anilines is 1. The van der Waals surface area contributed by atoms with E-state index < -0.39 is 0 Å². The Hall–Kier alpha value is -0.730. The van der Waals surface area contributed by atoms with Crippen molar-refractivity contribution in [2.24, 2.45) is 5.73 Å². The Balaban J connectivity index is 2.31. The summed E-state index contributed by atoms with van der Waals surface area (Å²) in [6.45, 7) is 5.37. The molecule has 0 radical (unpaired) electrons. The van der Waals surface area contributed by atoms with Crippen molar-refractivity contribution >= 4 is 17.3 Å². The maximum atomic E-state index is 6.36. The fourth-order valence-corrected chi connectivity index (χ4v) is 2.71. The Bertz CT molecular complexity index is 399. The molecular weight excluding hydrogens is 244 g/mol. The molecule has 1 aromatic rings. The lowest BCUT2D eigenvalue weighted by atomic mass is 10.0. The third-order valence-electron chi connectivity index (χ3n) is 3.38. The molecule has 1 aliphatic carbocycles. The largest absolute Gasteiger partial charge is 0.368 e. The van der Waals surface area contributed by atoms with E-state index in [2.05, 4.69) is 17.9 Å². The number of hydrogen-bond donors (Lipinski definition) is 1. The molecule has 1 unspecified atom stereocenters. The second kappa shape index (κ2) is 5.94. The first kappa shape index (κ1) is 13.7. The van der Waals surface area contributed by atoms with Gasteiger partial charge in [0.2, 0.25) is 0 Å². The van der Waals surface area contributed by atoms with Gasteiger partial charge in [0.05, 0.1) is 0 Å². The summed E-state index contributed by atoms with van der Waals surface area (Å²) in [6, 6.07) is 7.08. The fourth-order valence-electron chi connectivity index (χ4n) is 2.47. The predicted molar refractivity (Wildman–Crippen MR) is 79.5 cm³/mol. The highest BCUT2D eigenvalue weighted by molar-refractivity contribution is 6.31. The van der Waals surface area contributed by atoms with Crippen LogP contribution in [0.4, 0.5) is 5.69 Å². The summed E-state index contributed by atoms with van der Waals surface area (Å²) in [5, 5.41) is 0.853. The zero-order valence-corrected chi connectivity index (χ0v) is 12.1. The quantitative estimate of drug-likeness (QED) is 0.852. The molecule has 2 rings (SSSR count). The fraction of sp³-hybridized carbons (Fsp3) is 0.600. The van der Waals surface area contributed by atoms with Gasteiger partial charge in [0, 0.05) is 29.3 Å². The van der Waals surface area contributed by atoms with Crippen molar-refractivity contribution in [2.75, 3.05) is 11.4 Å². The number of benzene rings is 1. The monoisotopic (exact) mass is 266 g/mol. The molecule has 0 heterocycles. The number of rotatable bonds is 6. The van der Waals surface area contributed by atoms with Gasteiger partial charge in [-0.3, -0.25) is 0 Å². The summed E-state index contributed by atoms with van der Waals surface area (Å²) in [5.74, 6) is 0. The molecule has 2 N–H and O–H groups in total. The first-order valence-electron chi connectivity index (χ1n) is 6.93. The maximum Gasteiger partial charge on any atom is 0.0459 e. The first-order valence-corrected chi connectivity index (χ1v) is 7.31. The molecule has 1 aliphatic rings. The lowest BCUT2D eigenvalue weighted by Crippen LogP contribution is -2.29. The molecule has 2 nitrogen and oxygen atoms in total. The molecule has 1 fully saturated rings. The second-order valence-electron chi connectivity index (χ2n) is 5.34. The minimum Gasteiger partial charge on any atom is -0.368 e. The van der Waals surface area contributed by atoms with Gasteiger partial charge >= 0.3 is 0 Å². The van der Waals surface area contributed by atoms with Crippen LogP contribution in [0.3, 0.4) is 0 Å².